The zero-order valence-electron chi connectivity index (χ0n) is 16.4. The van der Waals surface area contributed by atoms with E-state index in [1.165, 1.54) is 18.4 Å². The summed E-state index contributed by atoms with van der Waals surface area (Å²) in [6, 6.07) is 19.7. The van der Waals surface area contributed by atoms with E-state index in [0.717, 1.165) is 35.4 Å². The van der Waals surface area contributed by atoms with Gasteiger partial charge in [0, 0.05) is 24.1 Å². The first-order valence-corrected chi connectivity index (χ1v) is 10.5. The first-order valence-electron chi connectivity index (χ1n) is 9.65. The lowest BCUT2D eigenvalue weighted by Crippen LogP contribution is -2.24. The predicted octanol–water partition coefficient (Wildman–Crippen LogP) is 4.94. The maximum absolute atomic E-state index is 12.9. The topological polar surface area (TPSA) is 68.3 Å². The Hall–Kier alpha value is -2.99. The minimum atomic E-state index is -0.195. The van der Waals surface area contributed by atoms with E-state index in [4.69, 9.17) is 4.98 Å². The molecular weight excluding hydrogens is 384 g/mol. The Morgan fingerprint density at radius 2 is 1.59 bits per heavy atom. The Balaban J connectivity index is 1.69. The SMILES string of the molecule is COC(=O)CCCCCNC(=O)c1sc(-c2ccccc2)nc1-c1ccccc1. The smallest absolute Gasteiger partial charge is 0.305 e. The van der Waals surface area contributed by atoms with Gasteiger partial charge in [-0.25, -0.2) is 4.98 Å². The van der Waals surface area contributed by atoms with Crippen LogP contribution in [0.3, 0.4) is 0 Å². The van der Waals surface area contributed by atoms with Crippen LogP contribution in [-0.4, -0.2) is 30.5 Å². The summed E-state index contributed by atoms with van der Waals surface area (Å²) in [6.45, 7) is 0.562. The number of unbranched alkanes of at least 4 members (excludes halogenated alkanes) is 2. The van der Waals surface area contributed by atoms with Crippen molar-refractivity contribution in [2.75, 3.05) is 13.7 Å². The van der Waals surface area contributed by atoms with Crippen LogP contribution in [0.25, 0.3) is 21.8 Å². The number of ether oxygens (including phenoxy) is 1. The van der Waals surface area contributed by atoms with Crippen molar-refractivity contribution in [3.05, 3.63) is 65.5 Å². The van der Waals surface area contributed by atoms with E-state index in [2.05, 4.69) is 10.1 Å². The maximum atomic E-state index is 12.9. The zero-order valence-corrected chi connectivity index (χ0v) is 17.2. The molecule has 1 amide bonds. The molecule has 0 saturated heterocycles. The number of benzene rings is 2. The second kappa shape index (κ2) is 10.5. The standard InChI is InChI=1S/C23H24N2O3S/c1-28-19(26)15-9-4-10-16-24-22(27)21-20(17-11-5-2-6-12-17)25-23(29-21)18-13-7-3-8-14-18/h2-3,5-8,11-14H,4,9-10,15-16H2,1H3,(H,24,27). The molecule has 0 saturated carbocycles. The van der Waals surface area contributed by atoms with E-state index in [1.54, 1.807) is 0 Å². The molecule has 3 rings (SSSR count). The minimum absolute atomic E-state index is 0.114. The van der Waals surface area contributed by atoms with Gasteiger partial charge in [-0.3, -0.25) is 9.59 Å². The Labute approximate surface area is 174 Å². The Morgan fingerprint density at radius 3 is 2.24 bits per heavy atom. The summed E-state index contributed by atoms with van der Waals surface area (Å²) >= 11 is 1.41. The Morgan fingerprint density at radius 1 is 0.931 bits per heavy atom. The number of methoxy groups -OCH3 is 1. The molecule has 6 heteroatoms. The number of hydrogen-bond donors (Lipinski definition) is 1. The van der Waals surface area contributed by atoms with Gasteiger partial charge in [-0.1, -0.05) is 67.1 Å². The van der Waals surface area contributed by atoms with Gasteiger partial charge in [0.1, 0.15) is 9.88 Å². The molecule has 0 aliphatic rings. The highest BCUT2D eigenvalue weighted by molar-refractivity contribution is 7.17. The van der Waals surface area contributed by atoms with Crippen LogP contribution in [0.4, 0.5) is 0 Å². The number of nitrogens with zero attached hydrogens (tertiary/aromatic N) is 1. The van der Waals surface area contributed by atoms with Gasteiger partial charge in [-0.05, 0) is 12.8 Å². The van der Waals surface area contributed by atoms with Gasteiger partial charge in [-0.2, -0.15) is 0 Å². The average Bonchev–Trinajstić information content (AvgIpc) is 3.22. The normalized spacial score (nSPS) is 10.5. The van der Waals surface area contributed by atoms with E-state index < -0.39 is 0 Å². The monoisotopic (exact) mass is 408 g/mol. The number of rotatable bonds is 9. The maximum Gasteiger partial charge on any atom is 0.305 e. The van der Waals surface area contributed by atoms with Gasteiger partial charge >= 0.3 is 5.97 Å². The molecule has 1 N–H and O–H groups in total. The molecule has 29 heavy (non-hydrogen) atoms. The van der Waals surface area contributed by atoms with Gasteiger partial charge in [0.25, 0.3) is 5.91 Å². The molecule has 0 aliphatic heterocycles. The average molecular weight is 409 g/mol. The molecular formula is C23H24N2O3S. The second-order valence-electron chi connectivity index (χ2n) is 6.57. The molecule has 0 atom stereocenters. The van der Waals surface area contributed by atoms with Crippen LogP contribution in [0.2, 0.25) is 0 Å². The van der Waals surface area contributed by atoms with E-state index in [0.29, 0.717) is 23.5 Å². The molecule has 0 radical (unpaired) electrons. The number of nitrogens with one attached hydrogen (secondary N) is 1. The molecule has 5 nitrogen and oxygen atoms in total. The largest absolute Gasteiger partial charge is 0.469 e. The molecule has 0 spiro atoms. The Kier molecular flexibility index (Phi) is 7.53. The van der Waals surface area contributed by atoms with E-state index in [1.807, 2.05) is 60.7 Å². The van der Waals surface area contributed by atoms with Crippen LogP contribution < -0.4 is 5.32 Å². The molecule has 3 aromatic rings. The third kappa shape index (κ3) is 5.74. The van der Waals surface area contributed by atoms with E-state index >= 15 is 0 Å². The lowest BCUT2D eigenvalue weighted by molar-refractivity contribution is -0.140. The van der Waals surface area contributed by atoms with Gasteiger partial charge in [0.05, 0.1) is 12.8 Å². The lowest BCUT2D eigenvalue weighted by Gasteiger charge is -2.05. The summed E-state index contributed by atoms with van der Waals surface area (Å²) in [5, 5.41) is 3.82. The summed E-state index contributed by atoms with van der Waals surface area (Å²) in [5.41, 5.74) is 2.63. The van der Waals surface area contributed by atoms with Crippen LogP contribution in [0.5, 0.6) is 0 Å². The number of amides is 1. The highest BCUT2D eigenvalue weighted by atomic mass is 32.1. The van der Waals surface area contributed by atoms with E-state index in [-0.39, 0.29) is 11.9 Å². The molecule has 1 aromatic heterocycles. The van der Waals surface area contributed by atoms with Crippen molar-refractivity contribution in [3.63, 3.8) is 0 Å². The molecule has 0 bridgehead atoms. The summed E-state index contributed by atoms with van der Waals surface area (Å²) in [7, 11) is 1.39. The van der Waals surface area contributed by atoms with Crippen LogP contribution in [0.15, 0.2) is 60.7 Å². The number of carbonyl (C=O) groups is 2. The fourth-order valence-electron chi connectivity index (χ4n) is 2.93. The van der Waals surface area contributed by atoms with Crippen molar-refractivity contribution in [1.29, 1.82) is 0 Å². The Bertz CT molecular complexity index is 939. The van der Waals surface area contributed by atoms with Crippen LogP contribution >= 0.6 is 11.3 Å². The number of aromatic nitrogens is 1. The summed E-state index contributed by atoms with van der Waals surface area (Å²) in [6.07, 6.45) is 2.85. The highest BCUT2D eigenvalue weighted by Gasteiger charge is 2.19. The summed E-state index contributed by atoms with van der Waals surface area (Å²) < 4.78 is 4.63. The molecule has 150 valence electrons. The predicted molar refractivity (Wildman–Crippen MR) is 116 cm³/mol. The highest BCUT2D eigenvalue weighted by Crippen LogP contribution is 2.33. The molecule has 0 unspecified atom stereocenters. The van der Waals surface area contributed by atoms with Crippen molar-refractivity contribution in [2.45, 2.75) is 25.7 Å². The molecule has 2 aromatic carbocycles. The van der Waals surface area contributed by atoms with Gasteiger partial charge in [0.15, 0.2) is 0 Å². The van der Waals surface area contributed by atoms with Gasteiger partial charge < -0.3 is 10.1 Å². The van der Waals surface area contributed by atoms with Gasteiger partial charge in [-0.15, -0.1) is 11.3 Å². The molecule has 0 aliphatic carbocycles. The molecule has 1 heterocycles. The lowest BCUT2D eigenvalue weighted by atomic mass is 10.1. The van der Waals surface area contributed by atoms with Crippen LogP contribution in [-0.2, 0) is 9.53 Å². The first-order chi connectivity index (χ1) is 14.2. The minimum Gasteiger partial charge on any atom is -0.469 e. The number of thiazole rings is 1. The van der Waals surface area contributed by atoms with Crippen molar-refractivity contribution < 1.29 is 14.3 Å². The van der Waals surface area contributed by atoms with E-state index in [9.17, 15) is 9.59 Å². The first kappa shape index (κ1) is 20.7. The van der Waals surface area contributed by atoms with Crippen LogP contribution in [0, 0.1) is 0 Å². The second-order valence-corrected chi connectivity index (χ2v) is 7.57. The summed E-state index contributed by atoms with van der Waals surface area (Å²) in [4.78, 5) is 29.4. The van der Waals surface area contributed by atoms with Crippen molar-refractivity contribution >= 4 is 23.2 Å². The quantitative estimate of drug-likeness (QED) is 0.402. The van der Waals surface area contributed by atoms with Crippen molar-refractivity contribution in [1.82, 2.24) is 10.3 Å². The molecule has 0 fully saturated rings. The number of esters is 1. The fourth-order valence-corrected chi connectivity index (χ4v) is 3.93. The third-order valence-electron chi connectivity index (χ3n) is 4.47. The fraction of sp³-hybridized carbons (Fsp3) is 0.261. The third-order valence-corrected chi connectivity index (χ3v) is 5.58. The zero-order chi connectivity index (χ0) is 20.5. The van der Waals surface area contributed by atoms with Crippen molar-refractivity contribution in [3.8, 4) is 21.8 Å². The number of hydrogen-bond acceptors (Lipinski definition) is 5. The van der Waals surface area contributed by atoms with Crippen molar-refractivity contribution in [2.24, 2.45) is 0 Å². The number of carbonyl (C=O) groups excluding carboxylic acids is 2. The summed E-state index contributed by atoms with van der Waals surface area (Å²) in [5.74, 6) is -0.309. The van der Waals surface area contributed by atoms with Gasteiger partial charge in [0.2, 0.25) is 0 Å². The van der Waals surface area contributed by atoms with Crippen LogP contribution in [0.1, 0.15) is 35.4 Å².